The fourth-order valence-electron chi connectivity index (χ4n) is 1.83. The van der Waals surface area contributed by atoms with Crippen molar-refractivity contribution in [2.45, 2.75) is 0 Å². The second kappa shape index (κ2) is 4.74. The number of aromatic nitrogens is 2. The number of nitrogens with zero attached hydrogens (tertiary/aromatic N) is 1. The topological polar surface area (TPSA) is 57.8 Å². The average molecular weight is 272 g/mol. The zero-order chi connectivity index (χ0) is 13.2. The van der Waals surface area contributed by atoms with Gasteiger partial charge in [0.1, 0.15) is 11.5 Å². The number of anilines is 1. The van der Waals surface area contributed by atoms with Crippen LogP contribution in [-0.2, 0) is 0 Å². The number of rotatable bonds is 2. The van der Waals surface area contributed by atoms with E-state index in [0.717, 1.165) is 10.9 Å². The second-order valence-electron chi connectivity index (χ2n) is 4.09. The zero-order valence-electron chi connectivity index (χ0n) is 9.85. The van der Waals surface area contributed by atoms with E-state index in [1.807, 2.05) is 24.3 Å². The van der Waals surface area contributed by atoms with E-state index >= 15 is 0 Å². The van der Waals surface area contributed by atoms with E-state index in [9.17, 15) is 4.79 Å². The van der Waals surface area contributed by atoms with Crippen molar-refractivity contribution in [3.63, 3.8) is 0 Å². The summed E-state index contributed by atoms with van der Waals surface area (Å²) in [7, 11) is 0. The number of hydrogen-bond donors (Lipinski definition) is 2. The normalized spacial score (nSPS) is 10.6. The first-order chi connectivity index (χ1) is 9.22. The van der Waals surface area contributed by atoms with Crippen molar-refractivity contribution in [2.24, 2.45) is 0 Å². The summed E-state index contributed by atoms with van der Waals surface area (Å²) in [6.07, 6.45) is 1.49. The fraction of sp³-hybridized carbons (Fsp3) is 0. The van der Waals surface area contributed by atoms with Crippen LogP contribution >= 0.6 is 11.6 Å². The smallest absolute Gasteiger partial charge is 0.273 e. The minimum absolute atomic E-state index is 0.231. The summed E-state index contributed by atoms with van der Waals surface area (Å²) in [4.78, 5) is 19.1. The monoisotopic (exact) mass is 271 g/mol. The van der Waals surface area contributed by atoms with Gasteiger partial charge in [-0.05, 0) is 24.3 Å². The molecule has 1 aromatic carbocycles. The SMILES string of the molecule is O=C(Nc1ccc(Cl)cn1)c1cc2ccccc2[nH]1. The predicted octanol–water partition coefficient (Wildman–Crippen LogP) is 3.47. The van der Waals surface area contributed by atoms with Crippen molar-refractivity contribution in [3.8, 4) is 0 Å². The van der Waals surface area contributed by atoms with Gasteiger partial charge in [0.15, 0.2) is 0 Å². The molecule has 5 heteroatoms. The van der Waals surface area contributed by atoms with Crippen LogP contribution in [0.15, 0.2) is 48.7 Å². The van der Waals surface area contributed by atoms with Crippen molar-refractivity contribution in [3.05, 3.63) is 59.4 Å². The number of benzene rings is 1. The summed E-state index contributed by atoms with van der Waals surface area (Å²) in [5, 5.41) is 4.23. The number of fused-ring (bicyclic) bond motifs is 1. The Balaban J connectivity index is 1.85. The molecule has 1 amide bonds. The molecule has 0 fully saturated rings. The number of H-pyrrole nitrogens is 1. The van der Waals surface area contributed by atoms with E-state index < -0.39 is 0 Å². The molecule has 3 rings (SSSR count). The maximum absolute atomic E-state index is 12.1. The molecule has 94 valence electrons. The highest BCUT2D eigenvalue weighted by molar-refractivity contribution is 6.30. The molecule has 0 spiro atoms. The summed E-state index contributed by atoms with van der Waals surface area (Å²) < 4.78 is 0. The highest BCUT2D eigenvalue weighted by Gasteiger charge is 2.09. The summed E-state index contributed by atoms with van der Waals surface area (Å²) >= 11 is 5.74. The lowest BCUT2D eigenvalue weighted by Crippen LogP contribution is -2.13. The molecule has 2 heterocycles. The van der Waals surface area contributed by atoms with E-state index in [4.69, 9.17) is 11.6 Å². The molecule has 0 atom stereocenters. The Kier molecular flexibility index (Phi) is 2.93. The summed E-state index contributed by atoms with van der Waals surface area (Å²) in [6.45, 7) is 0. The van der Waals surface area contributed by atoms with Gasteiger partial charge in [0.05, 0.1) is 5.02 Å². The highest BCUT2D eigenvalue weighted by atomic mass is 35.5. The molecule has 0 unspecified atom stereocenters. The van der Waals surface area contributed by atoms with Crippen LogP contribution in [0.1, 0.15) is 10.5 Å². The van der Waals surface area contributed by atoms with Gasteiger partial charge in [-0.2, -0.15) is 0 Å². The molecule has 0 aliphatic rings. The van der Waals surface area contributed by atoms with Crippen molar-refractivity contribution >= 4 is 34.2 Å². The Morgan fingerprint density at radius 1 is 1.21 bits per heavy atom. The molecule has 0 aliphatic heterocycles. The van der Waals surface area contributed by atoms with Crippen LogP contribution in [0, 0.1) is 0 Å². The van der Waals surface area contributed by atoms with Gasteiger partial charge in [-0.3, -0.25) is 4.79 Å². The van der Waals surface area contributed by atoms with Gasteiger partial charge in [-0.25, -0.2) is 4.98 Å². The van der Waals surface area contributed by atoms with Crippen molar-refractivity contribution in [1.82, 2.24) is 9.97 Å². The Hall–Kier alpha value is -2.33. The van der Waals surface area contributed by atoms with Crippen LogP contribution in [0.2, 0.25) is 5.02 Å². The predicted molar refractivity (Wildman–Crippen MR) is 75.5 cm³/mol. The van der Waals surface area contributed by atoms with E-state index in [2.05, 4.69) is 15.3 Å². The first-order valence-electron chi connectivity index (χ1n) is 5.73. The number of nitrogens with one attached hydrogen (secondary N) is 2. The van der Waals surface area contributed by atoms with Crippen molar-refractivity contribution < 1.29 is 4.79 Å². The summed E-state index contributed by atoms with van der Waals surface area (Å²) in [6, 6.07) is 12.9. The Bertz CT molecular complexity index is 701. The van der Waals surface area contributed by atoms with Gasteiger partial charge in [0, 0.05) is 17.1 Å². The molecule has 19 heavy (non-hydrogen) atoms. The van der Waals surface area contributed by atoms with Crippen LogP contribution in [-0.4, -0.2) is 15.9 Å². The largest absolute Gasteiger partial charge is 0.351 e. The number of hydrogen-bond acceptors (Lipinski definition) is 2. The molecule has 4 nitrogen and oxygen atoms in total. The molecular weight excluding hydrogens is 262 g/mol. The summed E-state index contributed by atoms with van der Waals surface area (Å²) in [5.74, 6) is 0.235. The molecular formula is C14H10ClN3O. The number of pyridine rings is 1. The zero-order valence-corrected chi connectivity index (χ0v) is 10.6. The fourth-order valence-corrected chi connectivity index (χ4v) is 1.94. The van der Waals surface area contributed by atoms with Gasteiger partial charge >= 0.3 is 0 Å². The maximum atomic E-state index is 12.1. The van der Waals surface area contributed by atoms with Gasteiger partial charge < -0.3 is 10.3 Å². The Morgan fingerprint density at radius 2 is 2.05 bits per heavy atom. The maximum Gasteiger partial charge on any atom is 0.273 e. The molecule has 0 saturated heterocycles. The second-order valence-corrected chi connectivity index (χ2v) is 4.52. The third-order valence-electron chi connectivity index (χ3n) is 2.74. The Morgan fingerprint density at radius 3 is 2.79 bits per heavy atom. The van der Waals surface area contributed by atoms with E-state index in [1.165, 1.54) is 6.20 Å². The lowest BCUT2D eigenvalue weighted by atomic mass is 10.2. The van der Waals surface area contributed by atoms with Gasteiger partial charge in [0.25, 0.3) is 5.91 Å². The molecule has 0 radical (unpaired) electrons. The van der Waals surface area contributed by atoms with Gasteiger partial charge in [-0.1, -0.05) is 29.8 Å². The molecule has 0 bridgehead atoms. The van der Waals surface area contributed by atoms with Crippen molar-refractivity contribution in [1.29, 1.82) is 0 Å². The number of para-hydroxylation sites is 1. The minimum atomic E-state index is -0.231. The third kappa shape index (κ3) is 2.44. The van der Waals surface area contributed by atoms with Crippen LogP contribution in [0.25, 0.3) is 10.9 Å². The van der Waals surface area contributed by atoms with Gasteiger partial charge in [-0.15, -0.1) is 0 Å². The molecule has 0 aliphatic carbocycles. The first-order valence-corrected chi connectivity index (χ1v) is 6.11. The van der Waals surface area contributed by atoms with E-state index in [-0.39, 0.29) is 5.91 Å². The van der Waals surface area contributed by atoms with Crippen LogP contribution in [0.4, 0.5) is 5.82 Å². The lowest BCUT2D eigenvalue weighted by molar-refractivity contribution is 0.102. The van der Waals surface area contributed by atoms with Crippen LogP contribution in [0.5, 0.6) is 0 Å². The van der Waals surface area contributed by atoms with Crippen LogP contribution in [0.3, 0.4) is 0 Å². The number of carbonyl (C=O) groups is 1. The summed E-state index contributed by atoms with van der Waals surface area (Å²) in [5.41, 5.74) is 1.43. The van der Waals surface area contributed by atoms with Crippen LogP contribution < -0.4 is 5.32 Å². The Labute approximate surface area is 114 Å². The van der Waals surface area contributed by atoms with E-state index in [1.54, 1.807) is 18.2 Å². The molecule has 2 N–H and O–H groups in total. The van der Waals surface area contributed by atoms with Crippen molar-refractivity contribution in [2.75, 3.05) is 5.32 Å². The molecule has 3 aromatic rings. The first kappa shape index (κ1) is 11.7. The van der Waals surface area contributed by atoms with E-state index in [0.29, 0.717) is 16.5 Å². The van der Waals surface area contributed by atoms with Gasteiger partial charge in [0.2, 0.25) is 0 Å². The average Bonchev–Trinajstić information content (AvgIpc) is 2.85. The number of amides is 1. The highest BCUT2D eigenvalue weighted by Crippen LogP contribution is 2.16. The standard InChI is InChI=1S/C14H10ClN3O/c15-10-5-6-13(16-8-10)18-14(19)12-7-9-3-1-2-4-11(9)17-12/h1-8,17H,(H,16,18,19). The molecule has 2 aromatic heterocycles. The lowest BCUT2D eigenvalue weighted by Gasteiger charge is -2.02. The quantitative estimate of drug-likeness (QED) is 0.750. The molecule has 0 saturated carbocycles. The number of aromatic amines is 1. The number of carbonyl (C=O) groups excluding carboxylic acids is 1. The minimum Gasteiger partial charge on any atom is -0.351 e. The third-order valence-corrected chi connectivity index (χ3v) is 2.97. The number of halogens is 1.